The number of fused-ring (bicyclic) bond motifs is 2. The molecule has 0 spiro atoms. The summed E-state index contributed by atoms with van der Waals surface area (Å²) in [6.45, 7) is 4.46. The summed E-state index contributed by atoms with van der Waals surface area (Å²) >= 11 is 0. The minimum Gasteiger partial charge on any atom is -0.497 e. The Kier molecular flexibility index (Phi) is 4.29. The summed E-state index contributed by atoms with van der Waals surface area (Å²) in [4.78, 5) is 9.71. The van der Waals surface area contributed by atoms with Gasteiger partial charge in [-0.05, 0) is 55.6 Å². The standard InChI is InChI=1S/C22H28N4O/c1-27-18-6-2-4-16(12-18)19-14-26(13-17-5-3-9-24-22(17)23)20-15-7-10-25(11-8-15)21(19)20/h2-6,9,12,15,19-21H,7-8,10-11,13-14H2,1H3,(H2,23,24)/t19-,20-,21-/m1/s1. The first kappa shape index (κ1) is 17.0. The van der Waals surface area contributed by atoms with Crippen LogP contribution in [-0.4, -0.2) is 53.6 Å². The van der Waals surface area contributed by atoms with Crippen LogP contribution < -0.4 is 10.5 Å². The third kappa shape index (κ3) is 2.89. The molecule has 2 bridgehead atoms. The minimum absolute atomic E-state index is 0.520. The van der Waals surface area contributed by atoms with Crippen molar-refractivity contribution in [2.75, 3.05) is 32.5 Å². The van der Waals surface area contributed by atoms with E-state index in [-0.39, 0.29) is 0 Å². The lowest BCUT2D eigenvalue weighted by Crippen LogP contribution is -2.60. The van der Waals surface area contributed by atoms with Gasteiger partial charge in [0, 0.05) is 42.9 Å². The van der Waals surface area contributed by atoms with Crippen molar-refractivity contribution in [3.05, 3.63) is 53.7 Å². The van der Waals surface area contributed by atoms with E-state index >= 15 is 0 Å². The lowest BCUT2D eigenvalue weighted by Gasteiger charge is -2.51. The van der Waals surface area contributed by atoms with Crippen LogP contribution in [0.4, 0.5) is 5.82 Å². The number of anilines is 1. The molecule has 5 heteroatoms. The van der Waals surface area contributed by atoms with Gasteiger partial charge >= 0.3 is 0 Å². The number of likely N-dealkylation sites (tertiary alicyclic amines) is 1. The van der Waals surface area contributed by atoms with Gasteiger partial charge in [0.15, 0.2) is 0 Å². The molecule has 1 aromatic carbocycles. The Labute approximate surface area is 161 Å². The average Bonchev–Trinajstić information content (AvgIpc) is 3.12. The maximum atomic E-state index is 6.16. The number of methoxy groups -OCH3 is 1. The quantitative estimate of drug-likeness (QED) is 0.904. The summed E-state index contributed by atoms with van der Waals surface area (Å²) in [5, 5.41) is 0. The highest BCUT2D eigenvalue weighted by atomic mass is 16.5. The van der Waals surface area contributed by atoms with Crippen LogP contribution in [0, 0.1) is 5.92 Å². The second kappa shape index (κ2) is 6.80. The first-order valence-corrected chi connectivity index (χ1v) is 10.1. The lowest BCUT2D eigenvalue weighted by atomic mass is 9.75. The number of piperidine rings is 3. The summed E-state index contributed by atoms with van der Waals surface area (Å²) in [7, 11) is 1.75. The van der Waals surface area contributed by atoms with Crippen molar-refractivity contribution in [3.8, 4) is 5.75 Å². The Balaban J connectivity index is 1.49. The molecule has 0 aliphatic carbocycles. The molecule has 4 aliphatic rings. The van der Waals surface area contributed by atoms with Gasteiger partial charge in [0.1, 0.15) is 11.6 Å². The summed E-state index contributed by atoms with van der Waals surface area (Å²) < 4.78 is 5.50. The topological polar surface area (TPSA) is 54.6 Å². The molecular weight excluding hydrogens is 336 g/mol. The first-order chi connectivity index (χ1) is 13.2. The average molecular weight is 364 g/mol. The Morgan fingerprint density at radius 3 is 2.78 bits per heavy atom. The zero-order chi connectivity index (χ0) is 18.4. The molecule has 0 saturated carbocycles. The second-order valence-electron chi connectivity index (χ2n) is 8.21. The van der Waals surface area contributed by atoms with E-state index in [1.54, 1.807) is 13.3 Å². The molecule has 0 radical (unpaired) electrons. The molecule has 4 aliphatic heterocycles. The molecule has 3 atom stereocenters. The van der Waals surface area contributed by atoms with Crippen molar-refractivity contribution in [2.45, 2.75) is 37.4 Å². The molecule has 2 aromatic rings. The molecule has 1 aromatic heterocycles. The zero-order valence-corrected chi connectivity index (χ0v) is 15.9. The van der Waals surface area contributed by atoms with Crippen LogP contribution in [0.2, 0.25) is 0 Å². The maximum absolute atomic E-state index is 6.16. The number of pyridine rings is 1. The lowest BCUT2D eigenvalue weighted by molar-refractivity contribution is -0.00866. The molecule has 4 saturated heterocycles. The second-order valence-corrected chi connectivity index (χ2v) is 8.21. The van der Waals surface area contributed by atoms with Gasteiger partial charge in [-0.15, -0.1) is 0 Å². The molecule has 5 heterocycles. The fraction of sp³-hybridized carbons (Fsp3) is 0.500. The number of nitrogens with two attached hydrogens (primary N) is 1. The molecule has 0 unspecified atom stereocenters. The van der Waals surface area contributed by atoms with Crippen molar-refractivity contribution in [1.82, 2.24) is 14.8 Å². The SMILES string of the molecule is COc1cccc([C@H]2CN(Cc3cccnc3N)[C@@H]3C4CCN(CC4)[C@H]23)c1. The smallest absolute Gasteiger partial charge is 0.127 e. The first-order valence-electron chi connectivity index (χ1n) is 10.1. The Bertz CT molecular complexity index is 817. The van der Waals surface area contributed by atoms with Crippen LogP contribution >= 0.6 is 0 Å². The molecule has 2 N–H and O–H groups in total. The van der Waals surface area contributed by atoms with Crippen LogP contribution in [0.25, 0.3) is 0 Å². The molecule has 142 valence electrons. The third-order valence-electron chi connectivity index (χ3n) is 6.92. The van der Waals surface area contributed by atoms with E-state index in [0.717, 1.165) is 30.3 Å². The van der Waals surface area contributed by atoms with Gasteiger partial charge in [0.2, 0.25) is 0 Å². The highest BCUT2D eigenvalue weighted by Crippen LogP contribution is 2.47. The third-order valence-corrected chi connectivity index (χ3v) is 6.92. The Hall–Kier alpha value is -2.11. The number of benzene rings is 1. The van der Waals surface area contributed by atoms with E-state index in [1.807, 2.05) is 12.1 Å². The highest BCUT2D eigenvalue weighted by Gasteiger charge is 2.53. The molecule has 5 nitrogen and oxygen atoms in total. The van der Waals surface area contributed by atoms with Crippen molar-refractivity contribution in [1.29, 1.82) is 0 Å². The van der Waals surface area contributed by atoms with Crippen LogP contribution in [-0.2, 0) is 6.54 Å². The Morgan fingerprint density at radius 1 is 1.15 bits per heavy atom. The number of aromatic nitrogens is 1. The van der Waals surface area contributed by atoms with E-state index in [1.165, 1.54) is 31.5 Å². The van der Waals surface area contributed by atoms with Crippen LogP contribution in [0.3, 0.4) is 0 Å². The number of hydrogen-bond donors (Lipinski definition) is 1. The van der Waals surface area contributed by atoms with Gasteiger partial charge < -0.3 is 10.5 Å². The summed E-state index contributed by atoms with van der Waals surface area (Å²) in [5.41, 5.74) is 8.71. The van der Waals surface area contributed by atoms with E-state index in [2.05, 4.69) is 39.0 Å². The highest BCUT2D eigenvalue weighted by molar-refractivity contribution is 5.39. The van der Waals surface area contributed by atoms with Crippen LogP contribution in [0.5, 0.6) is 5.75 Å². The predicted octanol–water partition coefficient (Wildman–Crippen LogP) is 2.73. The van der Waals surface area contributed by atoms with Crippen molar-refractivity contribution in [2.24, 2.45) is 5.92 Å². The van der Waals surface area contributed by atoms with Crippen LogP contribution in [0.15, 0.2) is 42.6 Å². The van der Waals surface area contributed by atoms with Gasteiger partial charge in [-0.2, -0.15) is 0 Å². The van der Waals surface area contributed by atoms with E-state index in [0.29, 0.717) is 23.8 Å². The van der Waals surface area contributed by atoms with Crippen LogP contribution in [0.1, 0.15) is 29.9 Å². The fourth-order valence-corrected chi connectivity index (χ4v) is 5.69. The minimum atomic E-state index is 0.520. The largest absolute Gasteiger partial charge is 0.497 e. The van der Waals surface area contributed by atoms with Gasteiger partial charge in [-0.25, -0.2) is 4.98 Å². The number of ether oxygens (including phenoxy) is 1. The maximum Gasteiger partial charge on any atom is 0.127 e. The molecule has 27 heavy (non-hydrogen) atoms. The van der Waals surface area contributed by atoms with Crippen molar-refractivity contribution >= 4 is 5.82 Å². The molecule has 4 fully saturated rings. The Morgan fingerprint density at radius 2 is 2.00 bits per heavy atom. The van der Waals surface area contributed by atoms with Gasteiger partial charge in [0.25, 0.3) is 0 Å². The summed E-state index contributed by atoms with van der Waals surface area (Å²) in [6.07, 6.45) is 4.43. The molecule has 6 rings (SSSR count). The number of nitrogens with zero attached hydrogens (tertiary/aromatic N) is 3. The fourth-order valence-electron chi connectivity index (χ4n) is 5.69. The predicted molar refractivity (Wildman–Crippen MR) is 107 cm³/mol. The van der Waals surface area contributed by atoms with Crippen molar-refractivity contribution < 1.29 is 4.74 Å². The number of rotatable bonds is 4. The van der Waals surface area contributed by atoms with E-state index < -0.39 is 0 Å². The normalized spacial score (nSPS) is 32.4. The monoisotopic (exact) mass is 364 g/mol. The van der Waals surface area contributed by atoms with E-state index in [9.17, 15) is 0 Å². The molecule has 0 amide bonds. The number of nitrogen functional groups attached to an aromatic ring is 1. The van der Waals surface area contributed by atoms with Gasteiger partial charge in [0.05, 0.1) is 7.11 Å². The molecular formula is C22H28N4O. The van der Waals surface area contributed by atoms with Gasteiger partial charge in [-0.3, -0.25) is 9.80 Å². The summed E-state index contributed by atoms with van der Waals surface area (Å²) in [6, 6.07) is 14.0. The van der Waals surface area contributed by atoms with Crippen molar-refractivity contribution in [3.63, 3.8) is 0 Å². The zero-order valence-electron chi connectivity index (χ0n) is 15.9. The van der Waals surface area contributed by atoms with E-state index in [4.69, 9.17) is 10.5 Å². The number of hydrogen-bond acceptors (Lipinski definition) is 5. The van der Waals surface area contributed by atoms with Gasteiger partial charge in [-0.1, -0.05) is 18.2 Å². The summed E-state index contributed by atoms with van der Waals surface area (Å²) in [5.74, 6) is 2.94.